The number of hydrogen-bond donors (Lipinski definition) is 1. The quantitative estimate of drug-likeness (QED) is 0.835. The molecule has 1 saturated heterocycles. The third kappa shape index (κ3) is 3.20. The molecule has 2 rings (SSSR count). The maximum Gasteiger partial charge on any atom is 0.273 e. The molecule has 0 bridgehead atoms. The third-order valence-corrected chi connectivity index (χ3v) is 3.16. The Balaban J connectivity index is 2.12. The number of nitrogens with one attached hydrogen (secondary N) is 1. The molecule has 1 aliphatic rings. The van der Waals surface area contributed by atoms with E-state index in [1.54, 1.807) is 20.2 Å². The fraction of sp³-hybridized carbons (Fsp3) is 0.615. The minimum Gasteiger partial charge on any atom is -0.352 e. The minimum atomic E-state index is -0.124. The number of hydrogen-bond acceptors (Lipinski definition) is 5. The summed E-state index contributed by atoms with van der Waals surface area (Å²) in [6.07, 6.45) is 0. The molecule has 1 aliphatic heterocycles. The molecule has 0 aliphatic carbocycles. The lowest BCUT2D eigenvalue weighted by molar-refractivity contribution is 0.0821. The molecular formula is C13H21N5O. The summed E-state index contributed by atoms with van der Waals surface area (Å²) in [5, 5.41) is 11.7. The zero-order valence-corrected chi connectivity index (χ0v) is 11.9. The van der Waals surface area contributed by atoms with Gasteiger partial charge in [0.25, 0.3) is 5.91 Å². The van der Waals surface area contributed by atoms with E-state index >= 15 is 0 Å². The molecule has 1 fully saturated rings. The van der Waals surface area contributed by atoms with E-state index in [-0.39, 0.29) is 5.91 Å². The van der Waals surface area contributed by atoms with Crippen molar-refractivity contribution >= 4 is 11.7 Å². The number of aromatic nitrogens is 2. The summed E-state index contributed by atoms with van der Waals surface area (Å²) in [6, 6.07) is 4.46. The molecule has 1 aromatic heterocycles. The summed E-state index contributed by atoms with van der Waals surface area (Å²) in [6.45, 7) is 6.11. The van der Waals surface area contributed by atoms with Crippen molar-refractivity contribution in [2.45, 2.75) is 25.9 Å². The van der Waals surface area contributed by atoms with Crippen LogP contribution in [0.4, 0.5) is 5.82 Å². The summed E-state index contributed by atoms with van der Waals surface area (Å²) in [4.78, 5) is 15.4. The highest BCUT2D eigenvalue weighted by Crippen LogP contribution is 2.14. The van der Waals surface area contributed by atoms with Crippen LogP contribution in [0.1, 0.15) is 24.3 Å². The van der Waals surface area contributed by atoms with E-state index in [0.717, 1.165) is 18.9 Å². The summed E-state index contributed by atoms with van der Waals surface area (Å²) in [7, 11) is 3.41. The number of anilines is 1. The van der Waals surface area contributed by atoms with Gasteiger partial charge < -0.3 is 15.1 Å². The van der Waals surface area contributed by atoms with Crippen molar-refractivity contribution < 1.29 is 4.79 Å². The van der Waals surface area contributed by atoms with E-state index in [1.807, 2.05) is 6.07 Å². The second-order valence-corrected chi connectivity index (χ2v) is 5.35. The molecule has 19 heavy (non-hydrogen) atoms. The van der Waals surface area contributed by atoms with Crippen molar-refractivity contribution in [3.63, 3.8) is 0 Å². The number of amides is 1. The molecule has 2 heterocycles. The molecule has 1 aromatic rings. The topological polar surface area (TPSA) is 61.4 Å². The fourth-order valence-corrected chi connectivity index (χ4v) is 2.35. The molecule has 2 atom stereocenters. The second-order valence-electron chi connectivity index (χ2n) is 5.35. The van der Waals surface area contributed by atoms with Crippen LogP contribution in [0.15, 0.2) is 12.1 Å². The molecule has 104 valence electrons. The molecule has 1 N–H and O–H groups in total. The van der Waals surface area contributed by atoms with Crippen LogP contribution < -0.4 is 10.2 Å². The largest absolute Gasteiger partial charge is 0.352 e. The van der Waals surface area contributed by atoms with Crippen molar-refractivity contribution in [1.82, 2.24) is 20.4 Å². The predicted molar refractivity (Wildman–Crippen MR) is 74.3 cm³/mol. The Labute approximate surface area is 113 Å². The Kier molecular flexibility index (Phi) is 3.99. The maximum atomic E-state index is 11.7. The molecule has 2 unspecified atom stereocenters. The van der Waals surface area contributed by atoms with Crippen LogP contribution in [0.5, 0.6) is 0 Å². The van der Waals surface area contributed by atoms with E-state index in [2.05, 4.69) is 34.3 Å². The first-order valence-electron chi connectivity index (χ1n) is 6.53. The molecular weight excluding hydrogens is 242 g/mol. The fourth-order valence-electron chi connectivity index (χ4n) is 2.35. The standard InChI is InChI=1S/C13H21N5O/c1-9-7-18(8-10(2)14-9)12-6-5-11(15-16-12)13(19)17(3)4/h5-6,9-10,14H,7-8H2,1-4H3. The van der Waals surface area contributed by atoms with E-state index in [9.17, 15) is 4.79 Å². The van der Waals surface area contributed by atoms with Gasteiger partial charge in [0.05, 0.1) is 0 Å². The minimum absolute atomic E-state index is 0.124. The monoisotopic (exact) mass is 263 g/mol. The summed E-state index contributed by atoms with van der Waals surface area (Å²) >= 11 is 0. The average Bonchev–Trinajstić information content (AvgIpc) is 2.37. The van der Waals surface area contributed by atoms with Gasteiger partial charge in [-0.1, -0.05) is 0 Å². The number of nitrogens with zero attached hydrogens (tertiary/aromatic N) is 4. The van der Waals surface area contributed by atoms with E-state index in [0.29, 0.717) is 17.8 Å². The lowest BCUT2D eigenvalue weighted by Crippen LogP contribution is -2.54. The normalized spacial score (nSPS) is 23.3. The molecule has 0 radical (unpaired) electrons. The van der Waals surface area contributed by atoms with E-state index < -0.39 is 0 Å². The highest BCUT2D eigenvalue weighted by atomic mass is 16.2. The Bertz CT molecular complexity index is 435. The molecule has 0 saturated carbocycles. The zero-order valence-electron chi connectivity index (χ0n) is 11.9. The maximum absolute atomic E-state index is 11.7. The number of piperazine rings is 1. The molecule has 6 heteroatoms. The smallest absolute Gasteiger partial charge is 0.273 e. The highest BCUT2D eigenvalue weighted by molar-refractivity contribution is 5.91. The van der Waals surface area contributed by atoms with E-state index in [1.165, 1.54) is 4.90 Å². The molecule has 0 spiro atoms. The molecule has 1 amide bonds. The van der Waals surface area contributed by atoms with Crippen molar-refractivity contribution in [2.24, 2.45) is 0 Å². The van der Waals surface area contributed by atoms with E-state index in [4.69, 9.17) is 0 Å². The predicted octanol–water partition coefficient (Wildman–Crippen LogP) is 0.365. The van der Waals surface area contributed by atoms with Crippen LogP contribution in [0.25, 0.3) is 0 Å². The highest BCUT2D eigenvalue weighted by Gasteiger charge is 2.22. The van der Waals surface area contributed by atoms with Crippen molar-refractivity contribution in [3.8, 4) is 0 Å². The summed E-state index contributed by atoms with van der Waals surface area (Å²) in [5.41, 5.74) is 0.380. The van der Waals surface area contributed by atoms with Gasteiger partial charge in [0, 0.05) is 39.3 Å². The SMILES string of the molecule is CC1CN(c2ccc(C(=O)N(C)C)nn2)CC(C)N1. The van der Waals surface area contributed by atoms with Crippen molar-refractivity contribution in [3.05, 3.63) is 17.8 Å². The average molecular weight is 263 g/mol. The Hall–Kier alpha value is -1.69. The van der Waals surface area contributed by atoms with Crippen LogP contribution in [0.3, 0.4) is 0 Å². The van der Waals surface area contributed by atoms with Gasteiger partial charge >= 0.3 is 0 Å². The van der Waals surface area contributed by atoms with Gasteiger partial charge in [0.15, 0.2) is 11.5 Å². The Morgan fingerprint density at radius 1 is 1.26 bits per heavy atom. The number of rotatable bonds is 2. The lowest BCUT2D eigenvalue weighted by Gasteiger charge is -2.36. The Morgan fingerprint density at radius 2 is 1.89 bits per heavy atom. The van der Waals surface area contributed by atoms with Gasteiger partial charge in [0.2, 0.25) is 0 Å². The summed E-state index contributed by atoms with van der Waals surface area (Å²) in [5.74, 6) is 0.705. The van der Waals surface area contributed by atoms with Crippen LogP contribution in [0, 0.1) is 0 Å². The second kappa shape index (κ2) is 5.52. The van der Waals surface area contributed by atoms with Crippen molar-refractivity contribution in [2.75, 3.05) is 32.1 Å². The van der Waals surface area contributed by atoms with Crippen LogP contribution >= 0.6 is 0 Å². The van der Waals surface area contributed by atoms with Crippen LogP contribution in [-0.4, -0.2) is 60.3 Å². The van der Waals surface area contributed by atoms with Gasteiger partial charge in [-0.05, 0) is 26.0 Å². The lowest BCUT2D eigenvalue weighted by atomic mass is 10.1. The first-order chi connectivity index (χ1) is 8.97. The van der Waals surface area contributed by atoms with Gasteiger partial charge in [-0.15, -0.1) is 10.2 Å². The molecule has 6 nitrogen and oxygen atoms in total. The Morgan fingerprint density at radius 3 is 2.37 bits per heavy atom. The number of carbonyl (C=O) groups is 1. The first-order valence-corrected chi connectivity index (χ1v) is 6.53. The van der Waals surface area contributed by atoms with Gasteiger partial charge in [-0.25, -0.2) is 0 Å². The third-order valence-electron chi connectivity index (χ3n) is 3.16. The van der Waals surface area contributed by atoms with Crippen LogP contribution in [-0.2, 0) is 0 Å². The van der Waals surface area contributed by atoms with Gasteiger partial charge in [-0.2, -0.15) is 0 Å². The van der Waals surface area contributed by atoms with Gasteiger partial charge in [0.1, 0.15) is 0 Å². The van der Waals surface area contributed by atoms with Crippen molar-refractivity contribution in [1.29, 1.82) is 0 Å². The number of carbonyl (C=O) groups excluding carboxylic acids is 1. The zero-order chi connectivity index (χ0) is 14.0. The summed E-state index contributed by atoms with van der Waals surface area (Å²) < 4.78 is 0. The van der Waals surface area contributed by atoms with Crippen LogP contribution in [0.2, 0.25) is 0 Å². The van der Waals surface area contributed by atoms with Gasteiger partial charge in [-0.3, -0.25) is 4.79 Å². The first kappa shape index (κ1) is 13.7. The molecule has 0 aromatic carbocycles.